The van der Waals surface area contributed by atoms with Gasteiger partial charge in [0, 0.05) is 13.2 Å². The number of benzene rings is 2. The van der Waals surface area contributed by atoms with Gasteiger partial charge in [-0.3, -0.25) is 0 Å². The number of hydrogen-bond acceptors (Lipinski definition) is 2. The predicted molar refractivity (Wildman–Crippen MR) is 104 cm³/mol. The highest BCUT2D eigenvalue weighted by atomic mass is 16.5. The Balaban J connectivity index is 1.52. The second-order valence-electron chi connectivity index (χ2n) is 6.83. The van der Waals surface area contributed by atoms with Crippen LogP contribution < -0.4 is 10.6 Å². The zero-order valence-electron chi connectivity index (χ0n) is 15.2. The van der Waals surface area contributed by atoms with Gasteiger partial charge in [-0.25, -0.2) is 4.79 Å². The predicted octanol–water partition coefficient (Wildman–Crippen LogP) is 4.23. The molecule has 4 heteroatoms. The Morgan fingerprint density at radius 3 is 2.50 bits per heavy atom. The van der Waals surface area contributed by atoms with Crippen molar-refractivity contribution in [3.05, 3.63) is 71.8 Å². The van der Waals surface area contributed by atoms with E-state index in [0.717, 1.165) is 44.3 Å². The number of aryl methyl sites for hydroxylation is 1. The van der Waals surface area contributed by atoms with Gasteiger partial charge < -0.3 is 15.4 Å². The molecule has 3 rings (SSSR count). The van der Waals surface area contributed by atoms with Crippen LogP contribution >= 0.6 is 0 Å². The van der Waals surface area contributed by atoms with Crippen molar-refractivity contribution in [3.63, 3.8) is 0 Å². The molecular weight excluding hydrogens is 324 g/mol. The highest BCUT2D eigenvalue weighted by Gasteiger charge is 2.18. The number of hydrogen-bond donors (Lipinski definition) is 2. The Hall–Kier alpha value is -2.33. The molecule has 2 N–H and O–H groups in total. The van der Waals surface area contributed by atoms with Crippen LogP contribution in [0.15, 0.2) is 60.7 Å². The third-order valence-electron chi connectivity index (χ3n) is 4.82. The number of ether oxygens (including phenoxy) is 1. The first kappa shape index (κ1) is 18.5. The SMILES string of the molecule is O=C(NC[C@H]1CCCO1)N[C@@H](CCCc1ccccc1)c1ccccc1. The van der Waals surface area contributed by atoms with E-state index in [0.29, 0.717) is 6.54 Å². The molecule has 26 heavy (non-hydrogen) atoms. The molecule has 2 atom stereocenters. The first-order valence-electron chi connectivity index (χ1n) is 9.56. The minimum Gasteiger partial charge on any atom is -0.376 e. The average Bonchev–Trinajstić information content (AvgIpc) is 3.21. The van der Waals surface area contributed by atoms with Crippen LogP contribution in [0.25, 0.3) is 0 Å². The van der Waals surface area contributed by atoms with Gasteiger partial charge in [0.15, 0.2) is 0 Å². The maximum absolute atomic E-state index is 12.3. The van der Waals surface area contributed by atoms with Gasteiger partial charge in [-0.1, -0.05) is 60.7 Å². The van der Waals surface area contributed by atoms with Crippen molar-refractivity contribution in [1.82, 2.24) is 10.6 Å². The molecular formula is C22H28N2O2. The van der Waals surface area contributed by atoms with E-state index in [1.807, 2.05) is 24.3 Å². The van der Waals surface area contributed by atoms with E-state index in [-0.39, 0.29) is 18.2 Å². The number of rotatable bonds is 8. The van der Waals surface area contributed by atoms with E-state index >= 15 is 0 Å². The third kappa shape index (κ3) is 5.88. The lowest BCUT2D eigenvalue weighted by Gasteiger charge is -2.20. The molecule has 2 aromatic carbocycles. The summed E-state index contributed by atoms with van der Waals surface area (Å²) in [7, 11) is 0. The maximum atomic E-state index is 12.3. The van der Waals surface area contributed by atoms with Crippen molar-refractivity contribution in [3.8, 4) is 0 Å². The Morgan fingerprint density at radius 2 is 1.81 bits per heavy atom. The topological polar surface area (TPSA) is 50.4 Å². The fourth-order valence-corrected chi connectivity index (χ4v) is 3.38. The Kier molecular flexibility index (Phi) is 7.08. The number of carbonyl (C=O) groups is 1. The van der Waals surface area contributed by atoms with Gasteiger partial charge >= 0.3 is 6.03 Å². The van der Waals surface area contributed by atoms with Crippen LogP contribution in [0.2, 0.25) is 0 Å². The summed E-state index contributed by atoms with van der Waals surface area (Å²) >= 11 is 0. The number of urea groups is 1. The molecule has 1 heterocycles. The molecule has 0 aliphatic carbocycles. The van der Waals surface area contributed by atoms with E-state index in [4.69, 9.17) is 4.74 Å². The Bertz CT molecular complexity index is 654. The molecule has 1 aliphatic heterocycles. The second-order valence-corrected chi connectivity index (χ2v) is 6.83. The first-order valence-corrected chi connectivity index (χ1v) is 9.56. The van der Waals surface area contributed by atoms with Crippen LogP contribution in [0, 0.1) is 0 Å². The first-order chi connectivity index (χ1) is 12.8. The van der Waals surface area contributed by atoms with Crippen LogP contribution in [0.5, 0.6) is 0 Å². The third-order valence-corrected chi connectivity index (χ3v) is 4.82. The summed E-state index contributed by atoms with van der Waals surface area (Å²) in [4.78, 5) is 12.3. The van der Waals surface area contributed by atoms with Gasteiger partial charge in [-0.15, -0.1) is 0 Å². The van der Waals surface area contributed by atoms with Gasteiger partial charge in [0.05, 0.1) is 12.1 Å². The standard InChI is InChI=1S/C22H28N2O2/c25-22(23-17-20-14-8-16-26-20)24-21(19-12-5-2-6-13-19)15-7-11-18-9-3-1-4-10-18/h1-6,9-10,12-13,20-21H,7-8,11,14-17H2,(H2,23,24,25)/t20-,21+/m1/s1. The van der Waals surface area contributed by atoms with Crippen molar-refractivity contribution in [1.29, 1.82) is 0 Å². The van der Waals surface area contributed by atoms with Gasteiger partial charge in [-0.2, -0.15) is 0 Å². The molecule has 1 aliphatic rings. The van der Waals surface area contributed by atoms with Crippen molar-refractivity contribution in [2.45, 2.75) is 44.2 Å². The van der Waals surface area contributed by atoms with E-state index in [9.17, 15) is 4.79 Å². The summed E-state index contributed by atoms with van der Waals surface area (Å²) in [6.07, 6.45) is 5.22. The summed E-state index contributed by atoms with van der Waals surface area (Å²) < 4.78 is 5.56. The zero-order valence-corrected chi connectivity index (χ0v) is 15.2. The molecule has 0 saturated carbocycles. The molecule has 2 aromatic rings. The molecule has 1 saturated heterocycles. The lowest BCUT2D eigenvalue weighted by atomic mass is 9.99. The number of amides is 2. The van der Waals surface area contributed by atoms with Gasteiger partial charge in [-0.05, 0) is 43.2 Å². The molecule has 0 unspecified atom stereocenters. The molecule has 0 aromatic heterocycles. The zero-order chi connectivity index (χ0) is 18.0. The summed E-state index contributed by atoms with van der Waals surface area (Å²) in [6, 6.07) is 20.6. The normalized spacial score (nSPS) is 17.6. The fourth-order valence-electron chi connectivity index (χ4n) is 3.38. The van der Waals surface area contributed by atoms with E-state index in [1.54, 1.807) is 0 Å². The van der Waals surface area contributed by atoms with E-state index in [2.05, 4.69) is 47.0 Å². The molecule has 1 fully saturated rings. The van der Waals surface area contributed by atoms with Crippen molar-refractivity contribution in [2.24, 2.45) is 0 Å². The second kappa shape index (κ2) is 9.97. The molecule has 0 spiro atoms. The molecule has 0 radical (unpaired) electrons. The van der Waals surface area contributed by atoms with Crippen LogP contribution in [0.3, 0.4) is 0 Å². The van der Waals surface area contributed by atoms with E-state index < -0.39 is 0 Å². The molecule has 4 nitrogen and oxygen atoms in total. The Labute approximate surface area is 156 Å². The van der Waals surface area contributed by atoms with Crippen molar-refractivity contribution >= 4 is 6.03 Å². The minimum absolute atomic E-state index is 0.0180. The largest absolute Gasteiger partial charge is 0.376 e. The summed E-state index contributed by atoms with van der Waals surface area (Å²) in [5, 5.41) is 6.10. The van der Waals surface area contributed by atoms with Gasteiger partial charge in [0.2, 0.25) is 0 Å². The fraction of sp³-hybridized carbons (Fsp3) is 0.409. The summed E-state index contributed by atoms with van der Waals surface area (Å²) in [5.41, 5.74) is 2.48. The molecule has 0 bridgehead atoms. The summed E-state index contributed by atoms with van der Waals surface area (Å²) in [6.45, 7) is 1.39. The lowest BCUT2D eigenvalue weighted by Crippen LogP contribution is -2.41. The van der Waals surface area contributed by atoms with Crippen LogP contribution in [0.1, 0.15) is 42.9 Å². The lowest BCUT2D eigenvalue weighted by molar-refractivity contribution is 0.111. The van der Waals surface area contributed by atoms with Crippen LogP contribution in [-0.2, 0) is 11.2 Å². The number of nitrogens with one attached hydrogen (secondary N) is 2. The molecule has 2 amide bonds. The average molecular weight is 352 g/mol. The van der Waals surface area contributed by atoms with E-state index in [1.165, 1.54) is 5.56 Å². The summed E-state index contributed by atoms with van der Waals surface area (Å²) in [5.74, 6) is 0. The van der Waals surface area contributed by atoms with Crippen molar-refractivity contribution in [2.75, 3.05) is 13.2 Å². The van der Waals surface area contributed by atoms with Gasteiger partial charge in [0.25, 0.3) is 0 Å². The molecule has 138 valence electrons. The maximum Gasteiger partial charge on any atom is 0.315 e. The van der Waals surface area contributed by atoms with Crippen LogP contribution in [-0.4, -0.2) is 25.3 Å². The van der Waals surface area contributed by atoms with Crippen molar-refractivity contribution < 1.29 is 9.53 Å². The minimum atomic E-state index is -0.117. The Morgan fingerprint density at radius 1 is 1.08 bits per heavy atom. The highest BCUT2D eigenvalue weighted by Crippen LogP contribution is 2.20. The number of carbonyl (C=O) groups excluding carboxylic acids is 1. The highest BCUT2D eigenvalue weighted by molar-refractivity contribution is 5.74. The quantitative estimate of drug-likeness (QED) is 0.747. The smallest absolute Gasteiger partial charge is 0.315 e. The van der Waals surface area contributed by atoms with Gasteiger partial charge in [0.1, 0.15) is 0 Å². The van der Waals surface area contributed by atoms with Crippen LogP contribution in [0.4, 0.5) is 4.79 Å². The monoisotopic (exact) mass is 352 g/mol.